The lowest BCUT2D eigenvalue weighted by Gasteiger charge is -2.17. The minimum atomic E-state index is -0.377. The molecule has 6 heteroatoms. The minimum absolute atomic E-state index is 0.214. The number of hydrogen-bond acceptors (Lipinski definition) is 2. The van der Waals surface area contributed by atoms with Gasteiger partial charge in [0.25, 0.3) is 0 Å². The summed E-state index contributed by atoms with van der Waals surface area (Å²) in [5.74, 6) is -0.592. The highest BCUT2D eigenvalue weighted by Gasteiger charge is 2.25. The van der Waals surface area contributed by atoms with Crippen molar-refractivity contribution < 1.29 is 9.59 Å². The summed E-state index contributed by atoms with van der Waals surface area (Å²) in [6.07, 6.45) is 0.602. The molecule has 23 heavy (non-hydrogen) atoms. The van der Waals surface area contributed by atoms with E-state index < -0.39 is 0 Å². The zero-order chi connectivity index (χ0) is 16.4. The third kappa shape index (κ3) is 3.49. The van der Waals surface area contributed by atoms with Crippen LogP contribution in [-0.2, 0) is 16.0 Å². The third-order valence-electron chi connectivity index (χ3n) is 3.70. The van der Waals surface area contributed by atoms with Crippen molar-refractivity contribution >= 4 is 46.4 Å². The van der Waals surface area contributed by atoms with Crippen molar-refractivity contribution in [3.8, 4) is 0 Å². The van der Waals surface area contributed by atoms with E-state index in [-0.39, 0.29) is 18.2 Å². The van der Waals surface area contributed by atoms with Crippen LogP contribution in [0.5, 0.6) is 0 Å². The number of rotatable bonds is 3. The topological polar surface area (TPSA) is 49.4 Å². The largest absolute Gasteiger partial charge is 0.326 e. The molecule has 0 fully saturated rings. The van der Waals surface area contributed by atoms with E-state index in [0.717, 1.165) is 17.7 Å². The summed E-state index contributed by atoms with van der Waals surface area (Å²) in [6.45, 7) is 0.609. The van der Waals surface area contributed by atoms with Crippen molar-refractivity contribution in [3.63, 3.8) is 0 Å². The maximum atomic E-state index is 12.3. The number of nitrogens with zero attached hydrogens (tertiary/aromatic N) is 1. The standard InChI is InChI=1S/C17H14Cl2N2O2/c18-13-6-5-12(9-14(13)19)20-16(22)10-17(23)21-8-7-11-3-1-2-4-15(11)21/h1-6,9H,7-8,10H2,(H,20,22). The van der Waals surface area contributed by atoms with E-state index in [9.17, 15) is 9.59 Å². The molecule has 0 saturated carbocycles. The molecule has 0 radical (unpaired) electrons. The number of amides is 2. The van der Waals surface area contributed by atoms with E-state index >= 15 is 0 Å². The van der Waals surface area contributed by atoms with Gasteiger partial charge in [-0.2, -0.15) is 0 Å². The SMILES string of the molecule is O=C(CC(=O)N1CCc2ccccc21)Nc1ccc(Cl)c(Cl)c1. The molecule has 1 aliphatic heterocycles. The molecule has 1 heterocycles. The van der Waals surface area contributed by atoms with Crippen molar-refractivity contribution in [2.45, 2.75) is 12.8 Å². The number of halogens is 2. The summed E-state index contributed by atoms with van der Waals surface area (Å²) >= 11 is 11.7. The Morgan fingerprint density at radius 2 is 1.87 bits per heavy atom. The maximum absolute atomic E-state index is 12.3. The average Bonchev–Trinajstić information content (AvgIpc) is 2.95. The Bertz CT molecular complexity index is 777. The number of fused-ring (bicyclic) bond motifs is 1. The summed E-state index contributed by atoms with van der Waals surface area (Å²) in [4.78, 5) is 26.1. The predicted octanol–water partition coefficient (Wildman–Crippen LogP) is 3.91. The Labute approximate surface area is 144 Å². The van der Waals surface area contributed by atoms with E-state index in [0.29, 0.717) is 22.3 Å². The lowest BCUT2D eigenvalue weighted by molar-refractivity contribution is -0.125. The molecule has 0 aromatic heterocycles. The van der Waals surface area contributed by atoms with Crippen LogP contribution >= 0.6 is 23.2 Å². The van der Waals surface area contributed by atoms with Crippen molar-refractivity contribution in [2.75, 3.05) is 16.8 Å². The lowest BCUT2D eigenvalue weighted by atomic mass is 10.2. The molecule has 0 aliphatic carbocycles. The van der Waals surface area contributed by atoms with Gasteiger partial charge in [-0.3, -0.25) is 9.59 Å². The molecule has 1 aliphatic rings. The zero-order valence-corrected chi connectivity index (χ0v) is 13.7. The summed E-state index contributed by atoms with van der Waals surface area (Å²) in [7, 11) is 0. The summed E-state index contributed by atoms with van der Waals surface area (Å²) in [5, 5.41) is 3.42. The van der Waals surface area contributed by atoms with Crippen molar-refractivity contribution in [3.05, 3.63) is 58.1 Å². The van der Waals surface area contributed by atoms with E-state index in [1.807, 2.05) is 24.3 Å². The molecule has 1 N–H and O–H groups in total. The highest BCUT2D eigenvalue weighted by Crippen LogP contribution is 2.28. The Morgan fingerprint density at radius 3 is 2.65 bits per heavy atom. The van der Waals surface area contributed by atoms with Crippen LogP contribution in [0.4, 0.5) is 11.4 Å². The van der Waals surface area contributed by atoms with Crippen LogP contribution in [0.25, 0.3) is 0 Å². The van der Waals surface area contributed by atoms with E-state index in [2.05, 4.69) is 5.32 Å². The summed E-state index contributed by atoms with van der Waals surface area (Å²) < 4.78 is 0. The monoisotopic (exact) mass is 348 g/mol. The smallest absolute Gasteiger partial charge is 0.236 e. The predicted molar refractivity (Wildman–Crippen MR) is 92.2 cm³/mol. The van der Waals surface area contributed by atoms with Crippen molar-refractivity contribution in [1.29, 1.82) is 0 Å². The van der Waals surface area contributed by atoms with E-state index in [4.69, 9.17) is 23.2 Å². The van der Waals surface area contributed by atoms with Crippen LogP contribution in [0.15, 0.2) is 42.5 Å². The normalized spacial score (nSPS) is 12.9. The van der Waals surface area contributed by atoms with Crippen molar-refractivity contribution in [2.24, 2.45) is 0 Å². The molecule has 0 bridgehead atoms. The second kappa shape index (κ2) is 6.60. The summed E-state index contributed by atoms with van der Waals surface area (Å²) in [5.41, 5.74) is 2.53. The maximum Gasteiger partial charge on any atom is 0.236 e. The van der Waals surface area contributed by atoms with Gasteiger partial charge < -0.3 is 10.2 Å². The first-order valence-corrected chi connectivity index (χ1v) is 7.93. The fraction of sp³-hybridized carbons (Fsp3) is 0.176. The number of benzene rings is 2. The minimum Gasteiger partial charge on any atom is -0.326 e. The van der Waals surface area contributed by atoms with E-state index in [1.54, 1.807) is 23.1 Å². The first kappa shape index (κ1) is 15.8. The van der Waals surface area contributed by atoms with Gasteiger partial charge in [0.2, 0.25) is 11.8 Å². The molecular weight excluding hydrogens is 335 g/mol. The number of nitrogens with one attached hydrogen (secondary N) is 1. The number of para-hydroxylation sites is 1. The number of hydrogen-bond donors (Lipinski definition) is 1. The third-order valence-corrected chi connectivity index (χ3v) is 4.44. The number of carbonyl (C=O) groups excluding carboxylic acids is 2. The molecule has 3 rings (SSSR count). The van der Waals surface area contributed by atoms with Crippen LogP contribution in [0.1, 0.15) is 12.0 Å². The van der Waals surface area contributed by atoms with Gasteiger partial charge in [0.05, 0.1) is 10.0 Å². The van der Waals surface area contributed by atoms with Crippen LogP contribution in [0, 0.1) is 0 Å². The van der Waals surface area contributed by atoms with Gasteiger partial charge in [-0.1, -0.05) is 41.4 Å². The molecule has 0 spiro atoms. The van der Waals surface area contributed by atoms with Gasteiger partial charge in [-0.25, -0.2) is 0 Å². The van der Waals surface area contributed by atoms with Crippen LogP contribution in [0.2, 0.25) is 10.0 Å². The first-order valence-electron chi connectivity index (χ1n) is 7.18. The van der Waals surface area contributed by atoms with Crippen LogP contribution in [0.3, 0.4) is 0 Å². The van der Waals surface area contributed by atoms with Crippen LogP contribution < -0.4 is 10.2 Å². The Balaban J connectivity index is 1.64. The second-order valence-corrected chi connectivity index (χ2v) is 6.09. The quantitative estimate of drug-likeness (QED) is 0.854. The van der Waals surface area contributed by atoms with Gasteiger partial charge in [0.1, 0.15) is 6.42 Å². The number of carbonyl (C=O) groups is 2. The first-order chi connectivity index (χ1) is 11.0. The second-order valence-electron chi connectivity index (χ2n) is 5.28. The van der Waals surface area contributed by atoms with Gasteiger partial charge in [-0.05, 0) is 36.2 Å². The van der Waals surface area contributed by atoms with Gasteiger partial charge in [0.15, 0.2) is 0 Å². The fourth-order valence-electron chi connectivity index (χ4n) is 2.61. The molecule has 4 nitrogen and oxygen atoms in total. The molecule has 118 valence electrons. The molecule has 0 saturated heterocycles. The number of anilines is 2. The van der Waals surface area contributed by atoms with Gasteiger partial charge in [-0.15, -0.1) is 0 Å². The molecule has 2 amide bonds. The molecule has 0 unspecified atom stereocenters. The van der Waals surface area contributed by atoms with E-state index in [1.165, 1.54) is 0 Å². The highest BCUT2D eigenvalue weighted by molar-refractivity contribution is 6.42. The average molecular weight is 349 g/mol. The highest BCUT2D eigenvalue weighted by atomic mass is 35.5. The zero-order valence-electron chi connectivity index (χ0n) is 12.2. The molecule has 2 aromatic carbocycles. The Kier molecular flexibility index (Phi) is 4.55. The molecule has 2 aromatic rings. The lowest BCUT2D eigenvalue weighted by Crippen LogP contribution is -2.32. The van der Waals surface area contributed by atoms with Crippen LogP contribution in [-0.4, -0.2) is 18.4 Å². The van der Waals surface area contributed by atoms with Gasteiger partial charge in [0, 0.05) is 17.9 Å². The molecular formula is C17H14Cl2N2O2. The summed E-state index contributed by atoms with van der Waals surface area (Å²) in [6, 6.07) is 12.5. The van der Waals surface area contributed by atoms with Crippen molar-refractivity contribution in [1.82, 2.24) is 0 Å². The molecule has 0 atom stereocenters. The Morgan fingerprint density at radius 1 is 1.09 bits per heavy atom. The Hall–Kier alpha value is -2.04. The van der Waals surface area contributed by atoms with Gasteiger partial charge >= 0.3 is 0 Å². The fourth-order valence-corrected chi connectivity index (χ4v) is 2.91.